The minimum Gasteiger partial charge on any atom is -0.352 e. The molecule has 0 spiro atoms. The molecular formula is C23H36N2. The van der Waals surface area contributed by atoms with Gasteiger partial charge in [-0.05, 0) is 63.9 Å². The van der Waals surface area contributed by atoms with Crippen molar-refractivity contribution in [2.75, 3.05) is 4.90 Å². The Kier molecular flexibility index (Phi) is 4.12. The predicted molar refractivity (Wildman–Crippen MR) is 107 cm³/mol. The van der Waals surface area contributed by atoms with Crippen LogP contribution in [0.5, 0.6) is 0 Å². The Balaban J connectivity index is 1.79. The summed E-state index contributed by atoms with van der Waals surface area (Å²) in [5.41, 5.74) is 2.29. The minimum atomic E-state index is -2.01. The van der Waals surface area contributed by atoms with Crippen molar-refractivity contribution in [1.82, 2.24) is 4.90 Å². The first-order chi connectivity index (χ1) is 13.4. The van der Waals surface area contributed by atoms with Gasteiger partial charge in [0.2, 0.25) is 0 Å². The first-order valence-corrected chi connectivity index (χ1v) is 10.5. The van der Waals surface area contributed by atoms with E-state index in [0.29, 0.717) is 18.0 Å². The molecule has 3 atom stereocenters. The van der Waals surface area contributed by atoms with Crippen LogP contribution in [0, 0.1) is 12.8 Å². The normalized spacial score (nSPS) is 34.9. The van der Waals surface area contributed by atoms with Gasteiger partial charge in [0.25, 0.3) is 0 Å². The lowest BCUT2D eigenvalue weighted by Crippen LogP contribution is -2.48. The fourth-order valence-corrected chi connectivity index (χ4v) is 5.91. The molecule has 2 heteroatoms. The molecule has 2 unspecified atom stereocenters. The van der Waals surface area contributed by atoms with Crippen LogP contribution in [0.25, 0.3) is 0 Å². The van der Waals surface area contributed by atoms with E-state index in [2.05, 4.69) is 47.9 Å². The number of hydrogen-bond acceptors (Lipinski definition) is 2. The van der Waals surface area contributed by atoms with Gasteiger partial charge in [0, 0.05) is 27.9 Å². The van der Waals surface area contributed by atoms with E-state index in [9.17, 15) is 0 Å². The lowest BCUT2D eigenvalue weighted by Gasteiger charge is -2.39. The number of anilines is 1. The quantitative estimate of drug-likeness (QED) is 0.690. The van der Waals surface area contributed by atoms with Gasteiger partial charge >= 0.3 is 0 Å². The monoisotopic (exact) mass is 343 g/mol. The second kappa shape index (κ2) is 7.31. The molecule has 4 rings (SSSR count). The van der Waals surface area contributed by atoms with E-state index in [1.54, 1.807) is 0 Å². The number of rotatable bonds is 3. The summed E-state index contributed by atoms with van der Waals surface area (Å²) in [5.74, 6) is 0.628. The highest BCUT2D eigenvalue weighted by Crippen LogP contribution is 2.44. The van der Waals surface area contributed by atoms with Crippen molar-refractivity contribution in [3.05, 3.63) is 29.8 Å². The lowest BCUT2D eigenvalue weighted by atomic mass is 9.80. The Morgan fingerprint density at radius 1 is 0.960 bits per heavy atom. The van der Waals surface area contributed by atoms with Crippen molar-refractivity contribution < 1.29 is 4.11 Å². The van der Waals surface area contributed by atoms with Crippen molar-refractivity contribution in [3.63, 3.8) is 0 Å². The molecule has 3 aliphatic rings. The van der Waals surface area contributed by atoms with Gasteiger partial charge in [0.05, 0.1) is 6.17 Å². The molecule has 1 saturated heterocycles. The second-order valence-electron chi connectivity index (χ2n) is 8.58. The highest BCUT2D eigenvalue weighted by molar-refractivity contribution is 5.56. The number of nitrogens with zero attached hydrogens (tertiary/aromatic N) is 2. The molecule has 0 bridgehead atoms. The van der Waals surface area contributed by atoms with Crippen LogP contribution in [0.2, 0.25) is 0 Å². The van der Waals surface area contributed by atoms with E-state index in [1.807, 2.05) is 0 Å². The Hall–Kier alpha value is -1.02. The maximum atomic E-state index is 8.52. The summed E-state index contributed by atoms with van der Waals surface area (Å²) in [4.78, 5) is 4.77. The topological polar surface area (TPSA) is 6.48 Å². The fraction of sp³-hybridized carbons (Fsp3) is 0.739. The van der Waals surface area contributed by atoms with Crippen molar-refractivity contribution in [3.8, 4) is 0 Å². The van der Waals surface area contributed by atoms with Crippen LogP contribution >= 0.6 is 0 Å². The first-order valence-electron chi connectivity index (χ1n) is 12.0. The average Bonchev–Trinajstić information content (AvgIpc) is 3.28. The molecule has 0 radical (unpaired) electrons. The van der Waals surface area contributed by atoms with Crippen LogP contribution in [0.1, 0.15) is 81.2 Å². The number of para-hydroxylation sites is 1. The van der Waals surface area contributed by atoms with Crippen LogP contribution in [-0.4, -0.2) is 29.2 Å². The molecule has 25 heavy (non-hydrogen) atoms. The van der Waals surface area contributed by atoms with Gasteiger partial charge in [0.15, 0.2) is 0 Å². The number of benzene rings is 1. The zero-order valence-corrected chi connectivity index (χ0v) is 16.0. The van der Waals surface area contributed by atoms with Crippen molar-refractivity contribution in [2.45, 2.75) is 103 Å². The highest BCUT2D eigenvalue weighted by atomic mass is 15.5. The molecule has 0 N–H and O–H groups in total. The van der Waals surface area contributed by atoms with E-state index in [1.165, 1.54) is 50.5 Å². The van der Waals surface area contributed by atoms with Crippen LogP contribution in [0.3, 0.4) is 0 Å². The first kappa shape index (κ1) is 14.1. The number of aryl methyl sites for hydroxylation is 1. The third-order valence-corrected chi connectivity index (χ3v) is 7.10. The van der Waals surface area contributed by atoms with Gasteiger partial charge in [-0.1, -0.05) is 50.3 Å². The average molecular weight is 344 g/mol. The molecule has 1 aliphatic heterocycles. The predicted octanol–water partition coefficient (Wildman–Crippen LogP) is 5.74. The van der Waals surface area contributed by atoms with E-state index in [-0.39, 0.29) is 6.04 Å². The summed E-state index contributed by atoms with van der Waals surface area (Å²) in [7, 11) is 0. The van der Waals surface area contributed by atoms with Crippen LogP contribution in [0.15, 0.2) is 24.3 Å². The molecule has 138 valence electrons. The molecule has 2 nitrogen and oxygen atoms in total. The van der Waals surface area contributed by atoms with Gasteiger partial charge < -0.3 is 4.90 Å². The van der Waals surface area contributed by atoms with Gasteiger partial charge in [-0.15, -0.1) is 0 Å². The summed E-state index contributed by atoms with van der Waals surface area (Å²) in [6.07, 6.45) is 10.7. The van der Waals surface area contributed by atoms with Gasteiger partial charge in [-0.25, -0.2) is 0 Å². The minimum absolute atomic E-state index is 0.232. The zero-order valence-electron chi connectivity index (χ0n) is 19.0. The maximum absolute atomic E-state index is 8.52. The summed E-state index contributed by atoms with van der Waals surface area (Å²) >= 11 is 0. The van der Waals surface area contributed by atoms with Crippen LogP contribution < -0.4 is 4.90 Å². The van der Waals surface area contributed by atoms with E-state index < -0.39 is 13.0 Å². The molecule has 1 aromatic rings. The fourth-order valence-electron chi connectivity index (χ4n) is 5.91. The van der Waals surface area contributed by atoms with E-state index in [0.717, 1.165) is 18.5 Å². The third-order valence-electron chi connectivity index (χ3n) is 7.10. The summed E-state index contributed by atoms with van der Waals surface area (Å²) < 4.78 is 25.6. The van der Waals surface area contributed by atoms with E-state index >= 15 is 0 Å². The largest absolute Gasteiger partial charge is 0.352 e. The molecule has 1 aromatic carbocycles. The summed E-state index contributed by atoms with van der Waals surface area (Å²) in [5, 5.41) is 0. The van der Waals surface area contributed by atoms with Crippen molar-refractivity contribution in [2.24, 2.45) is 5.92 Å². The molecule has 0 aromatic heterocycles. The Morgan fingerprint density at radius 2 is 1.64 bits per heavy atom. The molecule has 2 aliphatic carbocycles. The molecule has 1 heterocycles. The maximum Gasteiger partial charge on any atom is 0.0801 e. The second-order valence-corrected chi connectivity index (χ2v) is 8.58. The van der Waals surface area contributed by atoms with Crippen molar-refractivity contribution in [1.29, 1.82) is 0 Å². The van der Waals surface area contributed by atoms with Gasteiger partial charge in [-0.2, -0.15) is 0 Å². The molecule has 3 fully saturated rings. The third kappa shape index (κ3) is 3.12. The highest BCUT2D eigenvalue weighted by Gasteiger charge is 2.49. The van der Waals surface area contributed by atoms with Crippen molar-refractivity contribution >= 4 is 5.69 Å². The summed E-state index contributed by atoms with van der Waals surface area (Å²) in [6, 6.07) is 9.36. The van der Waals surface area contributed by atoms with Crippen LogP contribution in [-0.2, 0) is 0 Å². The van der Waals surface area contributed by atoms with E-state index in [4.69, 9.17) is 4.11 Å². The smallest absolute Gasteiger partial charge is 0.0801 e. The molecule has 0 amide bonds. The lowest BCUT2D eigenvalue weighted by molar-refractivity contribution is 0.0818. The molecular weight excluding hydrogens is 304 g/mol. The SMILES string of the molecule is [2H]C([2H])([2H])C1N(C2CCCC2)C(C2CCCCC2)[C@H](C)N1c1ccccc1C. The standard InChI is InChI=1S/C23H36N2/c1-17-11-7-10-16-22(17)24-18(2)23(20-12-5-4-6-13-20)25(19(24)3)21-14-8-9-15-21/h7,10-11,16,18-21,23H,4-6,8-9,12-15H2,1-3H3/t18-,19?,23?/m0/s1/i3D3. The van der Waals surface area contributed by atoms with Crippen LogP contribution in [0.4, 0.5) is 5.69 Å². The van der Waals surface area contributed by atoms with Gasteiger partial charge in [0.1, 0.15) is 0 Å². The Bertz CT molecular complexity index is 662. The summed E-state index contributed by atoms with van der Waals surface area (Å²) in [6.45, 7) is 2.40. The molecule has 2 saturated carbocycles. The number of hydrogen-bond donors (Lipinski definition) is 0. The Labute approximate surface area is 158 Å². The van der Waals surface area contributed by atoms with Gasteiger partial charge in [-0.3, -0.25) is 4.90 Å². The Morgan fingerprint density at radius 3 is 2.32 bits per heavy atom. The zero-order chi connectivity index (χ0) is 19.9.